The smallest absolute Gasteiger partial charge is 0.269 e. The van der Waals surface area contributed by atoms with E-state index in [4.69, 9.17) is 18.0 Å². The van der Waals surface area contributed by atoms with Gasteiger partial charge in [-0.2, -0.15) is 0 Å². The van der Waals surface area contributed by atoms with E-state index < -0.39 is 5.91 Å². The number of hydrazine groups is 1. The molecule has 0 spiro atoms. The van der Waals surface area contributed by atoms with Gasteiger partial charge in [-0.25, -0.2) is 0 Å². The van der Waals surface area contributed by atoms with E-state index in [0.717, 1.165) is 11.1 Å². The quantitative estimate of drug-likeness (QED) is 0.547. The Bertz CT molecular complexity index is 826. The van der Waals surface area contributed by atoms with E-state index in [-0.39, 0.29) is 17.3 Å². The average molecular weight is 382 g/mol. The van der Waals surface area contributed by atoms with E-state index in [2.05, 4.69) is 35.1 Å². The van der Waals surface area contributed by atoms with Gasteiger partial charge in [0.05, 0.1) is 6.42 Å². The van der Waals surface area contributed by atoms with E-state index in [0.29, 0.717) is 11.5 Å². The zero-order chi connectivity index (χ0) is 19.2. The number of hydrogen-bond acceptors (Lipinski definition) is 3. The summed E-state index contributed by atoms with van der Waals surface area (Å²) in [6, 6.07) is 16.1. The molecule has 2 aromatic rings. The first-order valence-corrected chi connectivity index (χ1v) is 9.51. The summed E-state index contributed by atoms with van der Waals surface area (Å²) in [4.78, 5) is 23.1. The van der Waals surface area contributed by atoms with Crippen molar-refractivity contribution < 1.29 is 9.59 Å². The third-order valence-electron chi connectivity index (χ3n) is 4.87. The summed E-state index contributed by atoms with van der Waals surface area (Å²) in [7, 11) is 0. The highest BCUT2D eigenvalue weighted by atomic mass is 32.1. The van der Waals surface area contributed by atoms with Crippen molar-refractivity contribution in [1.82, 2.24) is 10.9 Å². The number of rotatable bonds is 5. The lowest BCUT2D eigenvalue weighted by atomic mass is 9.95. The highest BCUT2D eigenvalue weighted by Gasteiger charge is 2.16. The number of primary amides is 1. The van der Waals surface area contributed by atoms with Gasteiger partial charge in [0, 0.05) is 5.56 Å². The molecule has 0 heterocycles. The Morgan fingerprint density at radius 3 is 2.04 bits per heavy atom. The first kappa shape index (κ1) is 19.0. The fourth-order valence-corrected chi connectivity index (χ4v) is 3.62. The van der Waals surface area contributed by atoms with Gasteiger partial charge in [0.2, 0.25) is 5.91 Å². The molecule has 1 aliphatic rings. The Hall–Kier alpha value is -2.73. The molecule has 0 aromatic heterocycles. The van der Waals surface area contributed by atoms with Crippen LogP contribution in [0.3, 0.4) is 0 Å². The van der Waals surface area contributed by atoms with Crippen LogP contribution in [0.2, 0.25) is 0 Å². The fraction of sp³-hybridized carbons (Fsp3) is 0.286. The number of nitrogens with one attached hydrogen (secondary N) is 2. The molecule has 1 fully saturated rings. The van der Waals surface area contributed by atoms with E-state index in [1.54, 1.807) is 12.1 Å². The Labute approximate surface area is 164 Å². The number of hydrogen-bond donors (Lipinski definition) is 3. The normalized spacial score (nSPS) is 13.9. The van der Waals surface area contributed by atoms with Gasteiger partial charge >= 0.3 is 0 Å². The van der Waals surface area contributed by atoms with Gasteiger partial charge in [0.15, 0.2) is 0 Å². The number of nitrogens with two attached hydrogens (primary N) is 1. The minimum absolute atomic E-state index is 0.106. The zero-order valence-electron chi connectivity index (χ0n) is 15.0. The summed E-state index contributed by atoms with van der Waals surface area (Å²) in [6.45, 7) is 0. The summed E-state index contributed by atoms with van der Waals surface area (Å²) in [5.41, 5.74) is 14.1. The molecule has 0 unspecified atom stereocenters. The van der Waals surface area contributed by atoms with Crippen LogP contribution in [0.4, 0.5) is 0 Å². The van der Waals surface area contributed by atoms with Crippen molar-refractivity contribution in [1.29, 1.82) is 0 Å². The van der Waals surface area contributed by atoms with Gasteiger partial charge in [-0.15, -0.1) is 0 Å². The minimum atomic E-state index is -0.551. The molecule has 4 N–H and O–H groups in total. The Morgan fingerprint density at radius 2 is 1.48 bits per heavy atom. The summed E-state index contributed by atoms with van der Waals surface area (Å²) in [5, 5.41) is 0. The van der Waals surface area contributed by atoms with Crippen LogP contribution in [-0.4, -0.2) is 16.8 Å². The van der Waals surface area contributed by atoms with Gasteiger partial charge < -0.3 is 5.73 Å². The molecule has 27 heavy (non-hydrogen) atoms. The second-order valence-corrected chi connectivity index (χ2v) is 7.32. The van der Waals surface area contributed by atoms with Gasteiger partial charge in [-0.3, -0.25) is 20.4 Å². The molecule has 2 amide bonds. The maximum Gasteiger partial charge on any atom is 0.269 e. The maximum absolute atomic E-state index is 12.1. The number of thiocarbonyl (C=S) groups is 1. The van der Waals surface area contributed by atoms with Crippen LogP contribution in [0.15, 0.2) is 48.5 Å². The van der Waals surface area contributed by atoms with Crippen molar-refractivity contribution in [3.8, 4) is 11.1 Å². The lowest BCUT2D eigenvalue weighted by Gasteiger charge is -2.11. The van der Waals surface area contributed by atoms with Crippen LogP contribution in [0.1, 0.15) is 53.9 Å². The Balaban J connectivity index is 1.60. The highest BCUT2D eigenvalue weighted by Crippen LogP contribution is 2.34. The van der Waals surface area contributed by atoms with Gasteiger partial charge in [-0.05, 0) is 47.6 Å². The topological polar surface area (TPSA) is 84.2 Å². The molecule has 1 aliphatic carbocycles. The molecular formula is C21H23N3O2S. The number of carbonyl (C=O) groups is 2. The van der Waals surface area contributed by atoms with Crippen LogP contribution in [0.5, 0.6) is 0 Å². The minimum Gasteiger partial charge on any atom is -0.369 e. The molecule has 0 atom stereocenters. The van der Waals surface area contributed by atoms with Gasteiger partial charge in [0.25, 0.3) is 5.91 Å². The third-order valence-corrected chi connectivity index (χ3v) is 5.11. The fourth-order valence-electron chi connectivity index (χ4n) is 3.42. The number of amides is 2. The maximum atomic E-state index is 12.1. The molecule has 0 aliphatic heterocycles. The molecule has 3 rings (SSSR count). The molecule has 140 valence electrons. The van der Waals surface area contributed by atoms with Crippen molar-refractivity contribution in [3.05, 3.63) is 59.7 Å². The first-order valence-electron chi connectivity index (χ1n) is 9.11. The molecule has 1 saturated carbocycles. The summed E-state index contributed by atoms with van der Waals surface area (Å²) in [5.74, 6) is -0.173. The molecular weight excluding hydrogens is 358 g/mol. The predicted molar refractivity (Wildman–Crippen MR) is 110 cm³/mol. The van der Waals surface area contributed by atoms with Crippen LogP contribution in [0, 0.1) is 0 Å². The SMILES string of the molecule is NC(=O)CC(=S)NNC(=O)c1ccc(-c2ccc(C3CCCC3)cc2)cc1. The van der Waals surface area contributed by atoms with Gasteiger partial charge in [0.1, 0.15) is 4.99 Å². The van der Waals surface area contributed by atoms with Crippen molar-refractivity contribution in [2.75, 3.05) is 0 Å². The van der Waals surface area contributed by atoms with E-state index in [9.17, 15) is 9.59 Å². The molecule has 6 heteroatoms. The molecule has 0 bridgehead atoms. The largest absolute Gasteiger partial charge is 0.369 e. The van der Waals surface area contributed by atoms with E-state index in [1.165, 1.54) is 31.2 Å². The third kappa shape index (κ3) is 5.14. The number of benzene rings is 2. The van der Waals surface area contributed by atoms with Crippen molar-refractivity contribution in [2.45, 2.75) is 38.0 Å². The Morgan fingerprint density at radius 1 is 0.926 bits per heavy atom. The van der Waals surface area contributed by atoms with Crippen molar-refractivity contribution in [2.24, 2.45) is 5.73 Å². The predicted octanol–water partition coefficient (Wildman–Crippen LogP) is 3.45. The average Bonchev–Trinajstić information content (AvgIpc) is 3.21. The standard InChI is InChI=1S/C21H23N3O2S/c22-19(25)13-20(27)23-24-21(26)18-11-9-17(10-12-18)16-7-5-15(6-8-16)14-3-1-2-4-14/h5-12,14H,1-4,13H2,(H2,22,25)(H,23,27)(H,24,26). The van der Waals surface area contributed by atoms with E-state index in [1.807, 2.05) is 12.1 Å². The Kier molecular flexibility index (Phi) is 6.19. The monoisotopic (exact) mass is 381 g/mol. The molecule has 0 radical (unpaired) electrons. The summed E-state index contributed by atoms with van der Waals surface area (Å²) < 4.78 is 0. The summed E-state index contributed by atoms with van der Waals surface area (Å²) in [6.07, 6.45) is 5.14. The molecule has 5 nitrogen and oxygen atoms in total. The van der Waals surface area contributed by atoms with Crippen LogP contribution < -0.4 is 16.6 Å². The van der Waals surface area contributed by atoms with Crippen molar-refractivity contribution in [3.63, 3.8) is 0 Å². The van der Waals surface area contributed by atoms with Gasteiger partial charge in [-0.1, -0.05) is 61.5 Å². The first-order chi connectivity index (χ1) is 13.0. The van der Waals surface area contributed by atoms with Crippen molar-refractivity contribution >= 4 is 29.0 Å². The second-order valence-electron chi connectivity index (χ2n) is 6.83. The molecule has 2 aromatic carbocycles. The van der Waals surface area contributed by atoms with Crippen LogP contribution >= 0.6 is 12.2 Å². The van der Waals surface area contributed by atoms with Crippen LogP contribution in [-0.2, 0) is 4.79 Å². The lowest BCUT2D eigenvalue weighted by molar-refractivity contribution is -0.116. The van der Waals surface area contributed by atoms with E-state index >= 15 is 0 Å². The summed E-state index contributed by atoms with van der Waals surface area (Å²) >= 11 is 4.91. The lowest BCUT2D eigenvalue weighted by Crippen LogP contribution is -2.42. The second kappa shape index (κ2) is 8.77. The zero-order valence-corrected chi connectivity index (χ0v) is 15.9. The highest BCUT2D eigenvalue weighted by molar-refractivity contribution is 7.80. The van der Waals surface area contributed by atoms with Crippen LogP contribution in [0.25, 0.3) is 11.1 Å². The number of carbonyl (C=O) groups excluding carboxylic acids is 2. The molecule has 0 saturated heterocycles.